The van der Waals surface area contributed by atoms with Crippen LogP contribution in [0, 0.1) is 26.7 Å². The van der Waals surface area contributed by atoms with Gasteiger partial charge in [0.05, 0.1) is 10.6 Å². The maximum Gasteiger partial charge on any atom is 0.264 e. The summed E-state index contributed by atoms with van der Waals surface area (Å²) in [6.45, 7) is 10.1. The fourth-order valence-electron chi connectivity index (χ4n) is 2.76. The van der Waals surface area contributed by atoms with E-state index in [4.69, 9.17) is 0 Å². The second kappa shape index (κ2) is 9.24. The van der Waals surface area contributed by atoms with Crippen LogP contribution in [0.25, 0.3) is 0 Å². The fourth-order valence-corrected chi connectivity index (χ4v) is 4.24. The second-order valence-electron chi connectivity index (χ2n) is 7.36. The highest BCUT2D eigenvalue weighted by Crippen LogP contribution is 2.28. The number of anilines is 1. The summed E-state index contributed by atoms with van der Waals surface area (Å²) in [6, 6.07) is 12.2. The first-order chi connectivity index (χ1) is 13.2. The lowest BCUT2D eigenvalue weighted by Gasteiger charge is -2.26. The molecule has 1 unspecified atom stereocenters. The lowest BCUT2D eigenvalue weighted by Crippen LogP contribution is -2.42. The molecule has 0 saturated carbocycles. The Morgan fingerprint density at radius 1 is 1.07 bits per heavy atom. The van der Waals surface area contributed by atoms with Crippen molar-refractivity contribution in [1.82, 2.24) is 5.32 Å². The van der Waals surface area contributed by atoms with Gasteiger partial charge in [-0.1, -0.05) is 50.1 Å². The first-order valence-electron chi connectivity index (χ1n) is 9.59. The molecular weight excluding hydrogens is 372 g/mol. The van der Waals surface area contributed by atoms with Crippen molar-refractivity contribution in [3.05, 3.63) is 59.2 Å². The minimum Gasteiger partial charge on any atom is -0.354 e. The molecule has 152 valence electrons. The quantitative estimate of drug-likeness (QED) is 0.726. The normalized spacial score (nSPS) is 12.5. The third-order valence-corrected chi connectivity index (χ3v) is 6.86. The van der Waals surface area contributed by atoms with Crippen molar-refractivity contribution in [1.29, 1.82) is 0 Å². The predicted octanol–water partition coefficient (Wildman–Crippen LogP) is 3.97. The zero-order valence-electron chi connectivity index (χ0n) is 17.3. The Balaban J connectivity index is 2.43. The molecule has 2 aromatic rings. The molecule has 1 amide bonds. The predicted molar refractivity (Wildman–Crippen MR) is 114 cm³/mol. The van der Waals surface area contributed by atoms with Crippen LogP contribution in [-0.2, 0) is 14.8 Å². The summed E-state index contributed by atoms with van der Waals surface area (Å²) in [7, 11) is -3.88. The van der Waals surface area contributed by atoms with Crippen LogP contribution in [0.3, 0.4) is 0 Å². The molecule has 0 heterocycles. The molecule has 1 atom stereocenters. The Bertz CT molecular complexity index is 921. The van der Waals surface area contributed by atoms with Gasteiger partial charge in [-0.15, -0.1) is 0 Å². The molecule has 0 bridgehead atoms. The summed E-state index contributed by atoms with van der Waals surface area (Å²) in [5.41, 5.74) is 3.32. The average molecular weight is 403 g/mol. The van der Waals surface area contributed by atoms with E-state index in [2.05, 4.69) is 12.2 Å². The molecule has 5 nitrogen and oxygen atoms in total. The fraction of sp³-hybridized carbons (Fsp3) is 0.409. The number of hydrogen-bond acceptors (Lipinski definition) is 3. The molecular formula is C22H30N2O3S. The monoisotopic (exact) mass is 402 g/mol. The van der Waals surface area contributed by atoms with Gasteiger partial charge in [-0.25, -0.2) is 8.42 Å². The molecule has 28 heavy (non-hydrogen) atoms. The Morgan fingerprint density at radius 2 is 1.71 bits per heavy atom. The molecule has 0 aliphatic heterocycles. The summed E-state index contributed by atoms with van der Waals surface area (Å²) in [5, 5.41) is 2.86. The van der Waals surface area contributed by atoms with E-state index in [-0.39, 0.29) is 17.3 Å². The minimum atomic E-state index is -3.88. The van der Waals surface area contributed by atoms with Gasteiger partial charge in [0, 0.05) is 6.54 Å². The minimum absolute atomic E-state index is 0.175. The van der Waals surface area contributed by atoms with Gasteiger partial charge in [-0.3, -0.25) is 9.10 Å². The van der Waals surface area contributed by atoms with Crippen LogP contribution in [0.1, 0.15) is 37.0 Å². The highest BCUT2D eigenvalue weighted by Gasteiger charge is 2.28. The molecule has 0 fully saturated rings. The van der Waals surface area contributed by atoms with Crippen LogP contribution in [0.15, 0.2) is 47.4 Å². The van der Waals surface area contributed by atoms with Gasteiger partial charge in [0.25, 0.3) is 10.0 Å². The Kier molecular flexibility index (Phi) is 7.24. The first kappa shape index (κ1) is 22.0. The van der Waals surface area contributed by atoms with Gasteiger partial charge in [0.15, 0.2) is 0 Å². The summed E-state index contributed by atoms with van der Waals surface area (Å²) < 4.78 is 28.0. The lowest BCUT2D eigenvalue weighted by atomic mass is 10.1. The number of sulfonamides is 1. The molecule has 1 N–H and O–H groups in total. The second-order valence-corrected chi connectivity index (χ2v) is 9.22. The summed E-state index contributed by atoms with van der Waals surface area (Å²) in [6.07, 6.45) is 0.947. The summed E-state index contributed by atoms with van der Waals surface area (Å²) >= 11 is 0. The van der Waals surface area contributed by atoms with E-state index in [1.54, 1.807) is 30.3 Å². The lowest BCUT2D eigenvalue weighted by molar-refractivity contribution is -0.119. The largest absolute Gasteiger partial charge is 0.354 e. The van der Waals surface area contributed by atoms with E-state index in [0.717, 1.165) is 23.1 Å². The number of aryl methyl sites for hydroxylation is 2. The summed E-state index contributed by atoms with van der Waals surface area (Å²) in [4.78, 5) is 12.7. The van der Waals surface area contributed by atoms with Crippen molar-refractivity contribution in [2.45, 2.75) is 45.9 Å². The van der Waals surface area contributed by atoms with E-state index >= 15 is 0 Å². The van der Waals surface area contributed by atoms with Crippen LogP contribution >= 0.6 is 0 Å². The van der Waals surface area contributed by atoms with Gasteiger partial charge in [0.2, 0.25) is 5.91 Å². The van der Waals surface area contributed by atoms with Gasteiger partial charge < -0.3 is 5.32 Å². The van der Waals surface area contributed by atoms with Crippen molar-refractivity contribution in [3.8, 4) is 0 Å². The number of carbonyl (C=O) groups excluding carboxylic acids is 1. The number of nitrogens with one attached hydrogen (secondary N) is 1. The maximum absolute atomic E-state index is 13.4. The van der Waals surface area contributed by atoms with Gasteiger partial charge in [-0.05, 0) is 56.0 Å². The Morgan fingerprint density at radius 3 is 2.32 bits per heavy atom. The molecule has 0 spiro atoms. The Hall–Kier alpha value is -2.34. The van der Waals surface area contributed by atoms with Gasteiger partial charge in [0.1, 0.15) is 6.54 Å². The highest BCUT2D eigenvalue weighted by molar-refractivity contribution is 7.92. The van der Waals surface area contributed by atoms with Crippen molar-refractivity contribution < 1.29 is 13.2 Å². The maximum atomic E-state index is 13.4. The van der Waals surface area contributed by atoms with Crippen molar-refractivity contribution in [2.24, 2.45) is 5.92 Å². The van der Waals surface area contributed by atoms with E-state index in [0.29, 0.717) is 18.2 Å². The van der Waals surface area contributed by atoms with Crippen LogP contribution in [0.5, 0.6) is 0 Å². The van der Waals surface area contributed by atoms with Crippen molar-refractivity contribution in [2.75, 3.05) is 17.4 Å². The molecule has 0 aliphatic carbocycles. The topological polar surface area (TPSA) is 66.5 Å². The van der Waals surface area contributed by atoms with E-state index in [9.17, 15) is 13.2 Å². The number of hydrogen-bond donors (Lipinski definition) is 1. The molecule has 0 radical (unpaired) electrons. The van der Waals surface area contributed by atoms with Crippen LogP contribution in [-0.4, -0.2) is 27.4 Å². The smallest absolute Gasteiger partial charge is 0.264 e. The summed E-state index contributed by atoms with van der Waals surface area (Å²) in [5.74, 6) is 0.0312. The SMILES string of the molecule is CCC(C)CNC(=O)CN(c1cccc(C)c1C)S(=O)(=O)c1ccc(C)cc1. The third-order valence-electron chi connectivity index (χ3n) is 5.09. The Labute approximate surface area is 168 Å². The van der Waals surface area contributed by atoms with E-state index in [1.165, 1.54) is 4.31 Å². The number of nitrogens with zero attached hydrogens (tertiary/aromatic N) is 1. The van der Waals surface area contributed by atoms with Gasteiger partial charge >= 0.3 is 0 Å². The number of carbonyl (C=O) groups is 1. The van der Waals surface area contributed by atoms with E-state index in [1.807, 2.05) is 39.8 Å². The van der Waals surface area contributed by atoms with Crippen LogP contribution in [0.2, 0.25) is 0 Å². The highest BCUT2D eigenvalue weighted by atomic mass is 32.2. The molecule has 0 saturated heterocycles. The standard InChI is InChI=1S/C22H30N2O3S/c1-6-16(2)14-23-22(25)15-24(21-9-7-8-18(4)19(21)5)28(26,27)20-12-10-17(3)11-13-20/h7-13,16H,6,14-15H2,1-5H3,(H,23,25). The van der Waals surface area contributed by atoms with E-state index < -0.39 is 10.0 Å². The molecule has 0 aliphatic rings. The van der Waals surface area contributed by atoms with Gasteiger partial charge in [-0.2, -0.15) is 0 Å². The zero-order chi connectivity index (χ0) is 20.9. The third kappa shape index (κ3) is 5.13. The molecule has 6 heteroatoms. The number of rotatable bonds is 8. The zero-order valence-corrected chi connectivity index (χ0v) is 18.1. The van der Waals surface area contributed by atoms with Crippen LogP contribution < -0.4 is 9.62 Å². The van der Waals surface area contributed by atoms with Crippen molar-refractivity contribution in [3.63, 3.8) is 0 Å². The first-order valence-corrected chi connectivity index (χ1v) is 11.0. The van der Waals surface area contributed by atoms with Crippen LogP contribution in [0.4, 0.5) is 5.69 Å². The van der Waals surface area contributed by atoms with Crippen molar-refractivity contribution >= 4 is 21.6 Å². The number of amides is 1. The average Bonchev–Trinajstić information content (AvgIpc) is 2.67. The number of benzene rings is 2. The molecule has 0 aromatic heterocycles. The molecule has 2 aromatic carbocycles. The molecule has 2 rings (SSSR count).